The number of rotatable bonds is 6. The van der Waals surface area contributed by atoms with Crippen molar-refractivity contribution in [3.05, 3.63) is 57.6 Å². The Balaban J connectivity index is 1.36. The fourth-order valence-electron chi connectivity index (χ4n) is 4.23. The van der Waals surface area contributed by atoms with E-state index in [0.717, 1.165) is 31.6 Å². The molecule has 2 heterocycles. The number of piperidine rings is 1. The number of amides is 1. The van der Waals surface area contributed by atoms with E-state index in [-0.39, 0.29) is 23.1 Å². The van der Waals surface area contributed by atoms with Gasteiger partial charge in [-0.2, -0.15) is 0 Å². The maximum Gasteiger partial charge on any atom is 0.292 e. The average Bonchev–Trinajstić information content (AvgIpc) is 2.83. The number of piperazine rings is 1. The fraction of sp³-hybridized carbons (Fsp3) is 0.435. The summed E-state index contributed by atoms with van der Waals surface area (Å²) in [6, 6.07) is 12.3. The van der Waals surface area contributed by atoms with Crippen LogP contribution in [0.1, 0.15) is 19.3 Å². The first-order valence-corrected chi connectivity index (χ1v) is 11.3. The van der Waals surface area contributed by atoms with Crippen LogP contribution in [0, 0.1) is 10.1 Å². The summed E-state index contributed by atoms with van der Waals surface area (Å²) in [6.45, 7) is 4.18. The maximum absolute atomic E-state index is 12.5. The zero-order valence-corrected chi connectivity index (χ0v) is 18.7. The van der Waals surface area contributed by atoms with Gasteiger partial charge in [0.25, 0.3) is 11.6 Å². The van der Waals surface area contributed by atoms with Crippen molar-refractivity contribution < 1.29 is 14.5 Å². The Morgan fingerprint density at radius 2 is 1.62 bits per heavy atom. The van der Waals surface area contributed by atoms with Crippen LogP contribution in [0.25, 0.3) is 0 Å². The highest BCUT2D eigenvalue weighted by atomic mass is 35.5. The highest BCUT2D eigenvalue weighted by Gasteiger charge is 2.25. The molecule has 0 spiro atoms. The average molecular weight is 459 g/mol. The summed E-state index contributed by atoms with van der Waals surface area (Å²) < 4.78 is 5.57. The lowest BCUT2D eigenvalue weighted by Crippen LogP contribution is -2.50. The number of nitrogens with zero attached hydrogens (tertiary/aromatic N) is 4. The Hall–Kier alpha value is -3.00. The van der Waals surface area contributed by atoms with Crippen molar-refractivity contribution in [3.8, 4) is 5.75 Å². The molecule has 0 saturated carbocycles. The van der Waals surface area contributed by atoms with Gasteiger partial charge in [-0.3, -0.25) is 14.9 Å². The summed E-state index contributed by atoms with van der Waals surface area (Å²) in [5.74, 6) is 0.551. The van der Waals surface area contributed by atoms with E-state index in [1.165, 1.54) is 6.42 Å². The molecule has 0 radical (unpaired) electrons. The third-order valence-electron chi connectivity index (χ3n) is 6.03. The summed E-state index contributed by atoms with van der Waals surface area (Å²) in [6.07, 6.45) is 3.28. The topological polar surface area (TPSA) is 79.2 Å². The van der Waals surface area contributed by atoms with E-state index in [2.05, 4.69) is 9.80 Å². The first-order valence-electron chi connectivity index (χ1n) is 11.0. The standard InChI is InChI=1S/C23H27ClN4O4/c24-18-4-7-20(8-5-18)32-17-23(29)27-14-12-25(13-15-27)19-6-9-21(28(30)31)22(16-19)26-10-2-1-3-11-26/h4-9,16H,1-3,10-15,17H2. The van der Waals surface area contributed by atoms with Gasteiger partial charge >= 0.3 is 0 Å². The van der Waals surface area contributed by atoms with Gasteiger partial charge in [0, 0.05) is 56.0 Å². The van der Waals surface area contributed by atoms with Gasteiger partial charge in [0.15, 0.2) is 6.61 Å². The normalized spacial score (nSPS) is 16.7. The highest BCUT2D eigenvalue weighted by Crippen LogP contribution is 2.34. The molecule has 0 aromatic heterocycles. The van der Waals surface area contributed by atoms with Crippen LogP contribution in [-0.2, 0) is 4.79 Å². The lowest BCUT2D eigenvalue weighted by Gasteiger charge is -2.36. The Bertz CT molecular complexity index is 955. The highest BCUT2D eigenvalue weighted by molar-refractivity contribution is 6.30. The predicted molar refractivity (Wildman–Crippen MR) is 125 cm³/mol. The minimum atomic E-state index is -0.301. The molecular formula is C23H27ClN4O4. The van der Waals surface area contributed by atoms with E-state index in [1.54, 1.807) is 35.2 Å². The molecule has 32 heavy (non-hydrogen) atoms. The molecule has 1 amide bonds. The second-order valence-corrected chi connectivity index (χ2v) is 8.52. The Labute approximate surface area is 192 Å². The molecule has 8 nitrogen and oxygen atoms in total. The molecule has 2 aliphatic heterocycles. The van der Waals surface area contributed by atoms with Crippen molar-refractivity contribution in [1.29, 1.82) is 0 Å². The van der Waals surface area contributed by atoms with Crippen molar-refractivity contribution in [3.63, 3.8) is 0 Å². The molecule has 2 aliphatic rings. The van der Waals surface area contributed by atoms with Gasteiger partial charge in [-0.1, -0.05) is 11.6 Å². The van der Waals surface area contributed by atoms with Crippen molar-refractivity contribution in [2.45, 2.75) is 19.3 Å². The molecule has 0 N–H and O–H groups in total. The molecule has 0 bridgehead atoms. The van der Waals surface area contributed by atoms with E-state index < -0.39 is 0 Å². The number of ether oxygens (including phenoxy) is 1. The molecule has 2 fully saturated rings. The van der Waals surface area contributed by atoms with Gasteiger partial charge < -0.3 is 19.4 Å². The van der Waals surface area contributed by atoms with Crippen LogP contribution in [0.4, 0.5) is 17.1 Å². The summed E-state index contributed by atoms with van der Waals surface area (Å²) in [5.41, 5.74) is 1.81. The van der Waals surface area contributed by atoms with Crippen molar-refractivity contribution in [2.75, 3.05) is 55.7 Å². The molecule has 170 valence electrons. The number of carbonyl (C=O) groups excluding carboxylic acids is 1. The van der Waals surface area contributed by atoms with Crippen molar-refractivity contribution in [1.82, 2.24) is 4.90 Å². The number of anilines is 2. The fourth-order valence-corrected chi connectivity index (χ4v) is 4.36. The molecule has 9 heteroatoms. The Morgan fingerprint density at radius 1 is 0.938 bits per heavy atom. The minimum Gasteiger partial charge on any atom is -0.484 e. The number of nitro benzene ring substituents is 1. The second-order valence-electron chi connectivity index (χ2n) is 8.09. The van der Waals surface area contributed by atoms with Crippen LogP contribution < -0.4 is 14.5 Å². The molecule has 2 saturated heterocycles. The van der Waals surface area contributed by atoms with Gasteiger partial charge in [-0.25, -0.2) is 0 Å². The third kappa shape index (κ3) is 5.24. The molecule has 4 rings (SSSR count). The number of hydrogen-bond acceptors (Lipinski definition) is 6. The predicted octanol–water partition coefficient (Wildman–Crippen LogP) is 3.97. The zero-order chi connectivity index (χ0) is 22.5. The quantitative estimate of drug-likeness (QED) is 0.481. The SMILES string of the molecule is O=C(COc1ccc(Cl)cc1)N1CCN(c2ccc([N+](=O)[O-])c(N3CCCCC3)c2)CC1. The Morgan fingerprint density at radius 3 is 2.28 bits per heavy atom. The van der Waals surface area contributed by atoms with E-state index in [0.29, 0.717) is 42.6 Å². The number of benzene rings is 2. The summed E-state index contributed by atoms with van der Waals surface area (Å²) >= 11 is 5.87. The molecule has 0 unspecified atom stereocenters. The van der Waals surface area contributed by atoms with E-state index in [1.807, 2.05) is 12.1 Å². The number of carbonyl (C=O) groups is 1. The number of nitro groups is 1. The van der Waals surface area contributed by atoms with Crippen LogP contribution in [0.5, 0.6) is 5.75 Å². The Kier molecular flexibility index (Phi) is 6.99. The molecular weight excluding hydrogens is 432 g/mol. The van der Waals surface area contributed by atoms with Crippen LogP contribution in [-0.4, -0.2) is 61.6 Å². The van der Waals surface area contributed by atoms with E-state index in [9.17, 15) is 14.9 Å². The lowest BCUT2D eigenvalue weighted by molar-refractivity contribution is -0.384. The summed E-state index contributed by atoms with van der Waals surface area (Å²) in [7, 11) is 0. The van der Waals surface area contributed by atoms with Crippen LogP contribution in [0.15, 0.2) is 42.5 Å². The minimum absolute atomic E-state index is 0.0156. The van der Waals surface area contributed by atoms with Crippen LogP contribution >= 0.6 is 11.6 Å². The lowest BCUT2D eigenvalue weighted by atomic mass is 10.1. The second kappa shape index (κ2) is 10.1. The van der Waals surface area contributed by atoms with Gasteiger partial charge in [0.2, 0.25) is 0 Å². The van der Waals surface area contributed by atoms with Gasteiger partial charge in [-0.15, -0.1) is 0 Å². The van der Waals surface area contributed by atoms with Crippen molar-refractivity contribution in [2.24, 2.45) is 0 Å². The van der Waals surface area contributed by atoms with Gasteiger partial charge in [0.05, 0.1) is 4.92 Å². The number of halogens is 1. The smallest absolute Gasteiger partial charge is 0.292 e. The summed E-state index contributed by atoms with van der Waals surface area (Å²) in [5, 5.41) is 12.2. The van der Waals surface area contributed by atoms with Crippen LogP contribution in [0.2, 0.25) is 5.02 Å². The maximum atomic E-state index is 12.5. The first-order chi connectivity index (χ1) is 15.5. The largest absolute Gasteiger partial charge is 0.484 e. The van der Waals surface area contributed by atoms with Crippen LogP contribution in [0.3, 0.4) is 0 Å². The first kappa shape index (κ1) is 22.2. The molecule has 0 aliphatic carbocycles. The molecule has 2 aromatic carbocycles. The van der Waals surface area contributed by atoms with Gasteiger partial charge in [-0.05, 0) is 55.7 Å². The van der Waals surface area contributed by atoms with E-state index >= 15 is 0 Å². The molecule has 2 aromatic rings. The summed E-state index contributed by atoms with van der Waals surface area (Å²) in [4.78, 5) is 29.9. The van der Waals surface area contributed by atoms with E-state index in [4.69, 9.17) is 16.3 Å². The zero-order valence-electron chi connectivity index (χ0n) is 17.9. The van der Waals surface area contributed by atoms with Crippen molar-refractivity contribution >= 4 is 34.6 Å². The van der Waals surface area contributed by atoms with Gasteiger partial charge in [0.1, 0.15) is 11.4 Å². The molecule has 0 atom stereocenters. The monoisotopic (exact) mass is 458 g/mol. The number of hydrogen-bond donors (Lipinski definition) is 0. The third-order valence-corrected chi connectivity index (χ3v) is 6.28.